The molecule has 4 rings (SSSR count). The lowest BCUT2D eigenvalue weighted by molar-refractivity contribution is -0.275. The van der Waals surface area contributed by atoms with Crippen molar-refractivity contribution in [3.63, 3.8) is 0 Å². The molecule has 0 saturated carbocycles. The van der Waals surface area contributed by atoms with E-state index in [0.717, 1.165) is 12.1 Å². The van der Waals surface area contributed by atoms with Crippen LogP contribution >= 0.6 is 0 Å². The van der Waals surface area contributed by atoms with Crippen molar-refractivity contribution in [1.29, 1.82) is 0 Å². The molecule has 0 N–H and O–H groups in total. The van der Waals surface area contributed by atoms with Crippen molar-refractivity contribution in [2.75, 3.05) is 0 Å². The summed E-state index contributed by atoms with van der Waals surface area (Å²) in [4.78, 5) is 0. The zero-order chi connectivity index (χ0) is 25.5. The average molecular weight is 498 g/mol. The van der Waals surface area contributed by atoms with Crippen LogP contribution < -0.4 is 4.74 Å². The van der Waals surface area contributed by atoms with Crippen molar-refractivity contribution in [2.45, 2.75) is 39.0 Å². The molecule has 0 saturated heterocycles. The second-order valence-electron chi connectivity index (χ2n) is 8.16. The highest BCUT2D eigenvalue weighted by Crippen LogP contribution is 2.39. The van der Waals surface area contributed by atoms with Crippen LogP contribution in [-0.4, -0.2) is 6.36 Å². The summed E-state index contributed by atoms with van der Waals surface area (Å²) in [5.74, 6) is -6.26. The lowest BCUT2D eigenvalue weighted by atomic mass is 9.85. The summed E-state index contributed by atoms with van der Waals surface area (Å²) >= 11 is 0. The first kappa shape index (κ1) is 24.8. The Morgan fingerprint density at radius 3 is 2.06 bits per heavy atom. The summed E-state index contributed by atoms with van der Waals surface area (Å²) in [6, 6.07) is 5.51. The number of halogens is 8. The fourth-order valence-electron chi connectivity index (χ4n) is 4.27. The van der Waals surface area contributed by atoms with E-state index in [1.165, 1.54) is 18.2 Å². The Hall–Kier alpha value is -3.36. The Morgan fingerprint density at radius 1 is 0.800 bits per heavy atom. The van der Waals surface area contributed by atoms with Gasteiger partial charge in [-0.2, -0.15) is 0 Å². The molecule has 0 radical (unpaired) electrons. The van der Waals surface area contributed by atoms with Gasteiger partial charge < -0.3 is 4.74 Å². The van der Waals surface area contributed by atoms with Gasteiger partial charge in [0.05, 0.1) is 5.56 Å². The maximum Gasteiger partial charge on any atom is 0.573 e. The number of allylic oxidation sites excluding steroid dienone is 1. The minimum absolute atomic E-state index is 0.0202. The summed E-state index contributed by atoms with van der Waals surface area (Å²) in [5.41, 5.74) is -0.357. The quantitative estimate of drug-likeness (QED) is 0.321. The largest absolute Gasteiger partial charge is 0.573 e. The molecule has 1 aliphatic carbocycles. The van der Waals surface area contributed by atoms with Crippen LogP contribution in [0.25, 0.3) is 22.8 Å². The highest BCUT2D eigenvalue weighted by Gasteiger charge is 2.33. The van der Waals surface area contributed by atoms with Crippen molar-refractivity contribution in [2.24, 2.45) is 0 Å². The van der Waals surface area contributed by atoms with Crippen molar-refractivity contribution in [1.82, 2.24) is 0 Å². The smallest absolute Gasteiger partial charge is 0.403 e. The molecule has 1 nitrogen and oxygen atoms in total. The molecule has 0 heterocycles. The number of hydrogen-bond donors (Lipinski definition) is 0. The van der Waals surface area contributed by atoms with Gasteiger partial charge in [-0.25, -0.2) is 22.0 Å². The predicted octanol–water partition coefficient (Wildman–Crippen LogP) is 8.39. The predicted molar refractivity (Wildman–Crippen MR) is 115 cm³/mol. The molecule has 0 fully saturated rings. The summed E-state index contributed by atoms with van der Waals surface area (Å²) in [7, 11) is 0. The third-order valence-corrected chi connectivity index (χ3v) is 5.74. The van der Waals surface area contributed by atoms with Crippen LogP contribution in [0.4, 0.5) is 35.1 Å². The van der Waals surface area contributed by atoms with Gasteiger partial charge >= 0.3 is 6.36 Å². The Bertz CT molecular complexity index is 1300. The Labute approximate surface area is 195 Å². The zero-order valence-corrected chi connectivity index (χ0v) is 18.3. The summed E-state index contributed by atoms with van der Waals surface area (Å²) < 4.78 is 114. The van der Waals surface area contributed by atoms with E-state index in [4.69, 9.17) is 0 Å². The van der Waals surface area contributed by atoms with E-state index in [9.17, 15) is 30.7 Å². The van der Waals surface area contributed by atoms with Crippen LogP contribution in [0.1, 0.15) is 42.0 Å². The first-order chi connectivity index (χ1) is 16.5. The van der Waals surface area contributed by atoms with Crippen LogP contribution in [0.15, 0.2) is 36.4 Å². The second kappa shape index (κ2) is 9.36. The summed E-state index contributed by atoms with van der Waals surface area (Å²) in [5, 5.41) is 0. The highest BCUT2D eigenvalue weighted by atomic mass is 19.4. The van der Waals surface area contributed by atoms with Crippen LogP contribution in [0.3, 0.4) is 0 Å². The van der Waals surface area contributed by atoms with E-state index in [1.807, 2.05) is 6.92 Å². The van der Waals surface area contributed by atoms with E-state index in [2.05, 4.69) is 4.74 Å². The van der Waals surface area contributed by atoms with E-state index in [1.54, 1.807) is 0 Å². The molecule has 0 spiro atoms. The van der Waals surface area contributed by atoms with Crippen molar-refractivity contribution in [3.8, 4) is 16.9 Å². The number of alkyl halides is 3. The summed E-state index contributed by atoms with van der Waals surface area (Å²) in [6.07, 6.45) is -2.59. The van der Waals surface area contributed by atoms with E-state index in [-0.39, 0.29) is 40.7 Å². The molecule has 0 unspecified atom stereocenters. The number of rotatable bonds is 5. The van der Waals surface area contributed by atoms with Gasteiger partial charge in [0.15, 0.2) is 11.6 Å². The Balaban J connectivity index is 1.74. The number of aryl methyl sites for hydroxylation is 1. The fourth-order valence-corrected chi connectivity index (χ4v) is 4.27. The SMILES string of the molecule is CCCc1cc(F)c(C2=Cc3cc(F)c(-c4ccc(OC(F)(F)F)c(F)c4)c(F)c3CC2)c(F)c1. The molecule has 0 bridgehead atoms. The molecular weight excluding hydrogens is 480 g/mol. The average Bonchev–Trinajstić information content (AvgIpc) is 2.74. The maximum absolute atomic E-state index is 15.3. The topological polar surface area (TPSA) is 9.23 Å². The molecule has 0 amide bonds. The molecule has 35 heavy (non-hydrogen) atoms. The van der Waals surface area contributed by atoms with Crippen LogP contribution in [0.5, 0.6) is 5.75 Å². The van der Waals surface area contributed by atoms with Gasteiger partial charge in [-0.1, -0.05) is 25.5 Å². The van der Waals surface area contributed by atoms with E-state index in [0.29, 0.717) is 30.5 Å². The molecule has 3 aromatic carbocycles. The van der Waals surface area contributed by atoms with Gasteiger partial charge in [-0.3, -0.25) is 0 Å². The second-order valence-corrected chi connectivity index (χ2v) is 8.16. The molecule has 0 atom stereocenters. The number of ether oxygens (including phenoxy) is 1. The monoisotopic (exact) mass is 498 g/mol. The third kappa shape index (κ3) is 5.04. The molecule has 3 aromatic rings. The first-order valence-corrected chi connectivity index (χ1v) is 10.7. The molecule has 9 heteroatoms. The van der Waals surface area contributed by atoms with Crippen LogP contribution in [0, 0.1) is 29.1 Å². The highest BCUT2D eigenvalue weighted by molar-refractivity contribution is 5.86. The van der Waals surface area contributed by atoms with Crippen LogP contribution in [0.2, 0.25) is 0 Å². The van der Waals surface area contributed by atoms with E-state index >= 15 is 4.39 Å². The lowest BCUT2D eigenvalue weighted by Crippen LogP contribution is -2.18. The standard InChI is InChI=1S/C26H18F8O/c1-2-3-13-8-19(28)23(20(29)9-13)14-4-6-17-16(10-14)12-21(30)24(25(17)31)15-5-7-22(18(27)11-15)35-26(32,33)34/h5,7-12H,2-4,6H2,1H3. The summed E-state index contributed by atoms with van der Waals surface area (Å²) in [6.45, 7) is 1.88. The number of fused-ring (bicyclic) bond motifs is 1. The van der Waals surface area contributed by atoms with Gasteiger partial charge in [-0.15, -0.1) is 13.2 Å². The molecule has 0 aliphatic heterocycles. The first-order valence-electron chi connectivity index (χ1n) is 10.7. The molecule has 184 valence electrons. The van der Waals surface area contributed by atoms with Gasteiger partial charge in [0.25, 0.3) is 0 Å². The van der Waals surface area contributed by atoms with Gasteiger partial charge in [0.2, 0.25) is 0 Å². The van der Waals surface area contributed by atoms with Gasteiger partial charge in [0, 0.05) is 5.56 Å². The molecular formula is C26H18F8O. The lowest BCUT2D eigenvalue weighted by Gasteiger charge is -2.21. The van der Waals surface area contributed by atoms with Gasteiger partial charge in [-0.05, 0) is 77.4 Å². The van der Waals surface area contributed by atoms with Crippen molar-refractivity contribution in [3.05, 3.63) is 87.7 Å². The number of hydrogen-bond acceptors (Lipinski definition) is 1. The van der Waals surface area contributed by atoms with E-state index < -0.39 is 46.8 Å². The Morgan fingerprint density at radius 2 is 1.46 bits per heavy atom. The maximum atomic E-state index is 15.3. The van der Waals surface area contributed by atoms with Crippen molar-refractivity contribution < 1.29 is 39.9 Å². The minimum Gasteiger partial charge on any atom is -0.403 e. The van der Waals surface area contributed by atoms with Gasteiger partial charge in [0.1, 0.15) is 23.3 Å². The van der Waals surface area contributed by atoms with Crippen molar-refractivity contribution >= 4 is 11.6 Å². The Kier molecular flexibility index (Phi) is 6.62. The fraction of sp³-hybridized carbons (Fsp3) is 0.231. The normalized spacial score (nSPS) is 13.5. The molecule has 0 aromatic heterocycles. The zero-order valence-electron chi connectivity index (χ0n) is 18.3. The minimum atomic E-state index is -5.13. The third-order valence-electron chi connectivity index (χ3n) is 5.74. The van der Waals surface area contributed by atoms with Crippen LogP contribution in [-0.2, 0) is 12.8 Å². The molecule has 1 aliphatic rings. The number of benzene rings is 3.